The zero-order valence-electron chi connectivity index (χ0n) is 10.8. The molecule has 6 heteroatoms. The second kappa shape index (κ2) is 5.67. The maximum Gasteiger partial charge on any atom is 0.127 e. The van der Waals surface area contributed by atoms with Gasteiger partial charge >= 0.3 is 0 Å². The Hall–Kier alpha value is -1.46. The van der Waals surface area contributed by atoms with Gasteiger partial charge in [-0.05, 0) is 18.6 Å². The van der Waals surface area contributed by atoms with Gasteiger partial charge < -0.3 is 5.73 Å². The first-order chi connectivity index (χ1) is 9.00. The van der Waals surface area contributed by atoms with E-state index in [2.05, 4.69) is 5.10 Å². The molecular weight excluding hydrogens is 280 g/mol. The van der Waals surface area contributed by atoms with Crippen LogP contribution in [0.15, 0.2) is 29.3 Å². The maximum atomic E-state index is 7.64. The molecule has 0 aliphatic carbocycles. The number of benzene rings is 1. The van der Waals surface area contributed by atoms with Gasteiger partial charge in [0.25, 0.3) is 0 Å². The van der Waals surface area contributed by atoms with E-state index in [0.717, 1.165) is 27.1 Å². The van der Waals surface area contributed by atoms with Crippen LogP contribution >= 0.6 is 23.4 Å². The number of nitrogens with zero attached hydrogens (tertiary/aromatic N) is 2. The number of nitrogens with one attached hydrogen (secondary N) is 1. The Labute approximate surface area is 121 Å². The van der Waals surface area contributed by atoms with E-state index >= 15 is 0 Å². The fourth-order valence-electron chi connectivity index (χ4n) is 1.87. The van der Waals surface area contributed by atoms with Gasteiger partial charge in [0.05, 0.1) is 11.3 Å². The smallest absolute Gasteiger partial charge is 0.127 e. The quantitative estimate of drug-likeness (QED) is 0.517. The molecule has 0 atom stereocenters. The molecule has 0 saturated heterocycles. The minimum Gasteiger partial charge on any atom is -0.384 e. The first kappa shape index (κ1) is 14.0. The van der Waals surface area contributed by atoms with Crippen LogP contribution in [0.25, 0.3) is 0 Å². The Kier molecular flexibility index (Phi) is 4.17. The third-order valence-corrected chi connectivity index (χ3v) is 4.33. The van der Waals surface area contributed by atoms with E-state index in [4.69, 9.17) is 22.7 Å². The van der Waals surface area contributed by atoms with Gasteiger partial charge in [-0.1, -0.05) is 29.8 Å². The number of aryl methyl sites for hydroxylation is 2. The van der Waals surface area contributed by atoms with E-state index in [1.807, 2.05) is 38.2 Å². The Morgan fingerprint density at radius 3 is 2.79 bits per heavy atom. The highest BCUT2D eigenvalue weighted by Crippen LogP contribution is 2.29. The number of rotatable bonds is 4. The Balaban J connectivity index is 2.25. The number of nitrogens with two attached hydrogens (primary N) is 1. The predicted molar refractivity (Wildman–Crippen MR) is 80.0 cm³/mol. The summed E-state index contributed by atoms with van der Waals surface area (Å²) in [5, 5.41) is 13.6. The molecule has 0 aliphatic heterocycles. The Bertz CT molecular complexity index is 621. The molecule has 2 aromatic rings. The van der Waals surface area contributed by atoms with Gasteiger partial charge in [0, 0.05) is 17.8 Å². The van der Waals surface area contributed by atoms with Crippen molar-refractivity contribution in [3.05, 3.63) is 46.1 Å². The molecule has 100 valence electrons. The van der Waals surface area contributed by atoms with Crippen LogP contribution in [0.4, 0.5) is 0 Å². The number of halogens is 1. The summed E-state index contributed by atoms with van der Waals surface area (Å²) >= 11 is 7.72. The van der Waals surface area contributed by atoms with E-state index in [1.165, 1.54) is 0 Å². The van der Waals surface area contributed by atoms with Crippen LogP contribution < -0.4 is 5.73 Å². The second-order valence-electron chi connectivity index (χ2n) is 4.18. The predicted octanol–water partition coefficient (Wildman–Crippen LogP) is 2.96. The van der Waals surface area contributed by atoms with Crippen molar-refractivity contribution in [2.45, 2.75) is 17.7 Å². The zero-order chi connectivity index (χ0) is 14.0. The van der Waals surface area contributed by atoms with E-state index in [0.29, 0.717) is 5.56 Å². The molecule has 0 bridgehead atoms. The molecule has 19 heavy (non-hydrogen) atoms. The van der Waals surface area contributed by atoms with Crippen molar-refractivity contribution in [2.24, 2.45) is 12.8 Å². The summed E-state index contributed by atoms with van der Waals surface area (Å²) in [6.07, 6.45) is 0. The summed E-state index contributed by atoms with van der Waals surface area (Å²) in [4.78, 5) is 0. The zero-order valence-corrected chi connectivity index (χ0v) is 12.3. The van der Waals surface area contributed by atoms with Crippen LogP contribution in [-0.2, 0) is 12.8 Å². The van der Waals surface area contributed by atoms with Gasteiger partial charge in [-0.15, -0.1) is 11.8 Å². The highest BCUT2D eigenvalue weighted by atomic mass is 35.5. The van der Waals surface area contributed by atoms with Gasteiger partial charge in [-0.25, -0.2) is 0 Å². The molecular formula is C13H15ClN4S. The molecule has 0 spiro atoms. The van der Waals surface area contributed by atoms with E-state index in [9.17, 15) is 0 Å². The molecule has 0 saturated carbocycles. The normalized spacial score (nSPS) is 10.7. The maximum absolute atomic E-state index is 7.64. The molecule has 0 radical (unpaired) electrons. The van der Waals surface area contributed by atoms with Crippen LogP contribution in [0.1, 0.15) is 16.8 Å². The lowest BCUT2D eigenvalue weighted by Gasteiger charge is -2.06. The number of hydrogen-bond acceptors (Lipinski definition) is 3. The van der Waals surface area contributed by atoms with Crippen LogP contribution in [0.3, 0.4) is 0 Å². The fraction of sp³-hybridized carbons (Fsp3) is 0.231. The first-order valence-electron chi connectivity index (χ1n) is 5.75. The van der Waals surface area contributed by atoms with Gasteiger partial charge in [0.2, 0.25) is 0 Å². The number of amidine groups is 1. The molecule has 0 amide bonds. The fourth-order valence-corrected chi connectivity index (χ4v) is 3.33. The Morgan fingerprint density at radius 1 is 1.47 bits per heavy atom. The molecule has 0 fully saturated rings. The van der Waals surface area contributed by atoms with Crippen molar-refractivity contribution >= 4 is 29.2 Å². The van der Waals surface area contributed by atoms with Crippen molar-refractivity contribution in [1.29, 1.82) is 5.41 Å². The number of thioether (sulfide) groups is 1. The third-order valence-electron chi connectivity index (χ3n) is 2.76. The standard InChI is InChI=1S/C13H15ClN4S/c1-8-11(12(15)16)13(18(2)17-8)19-7-9-5-3-4-6-10(9)14/h3-6H,7H2,1-2H3,(H3,15,16). The van der Waals surface area contributed by atoms with Gasteiger partial charge in [0.1, 0.15) is 10.9 Å². The largest absolute Gasteiger partial charge is 0.384 e. The molecule has 1 heterocycles. The second-order valence-corrected chi connectivity index (χ2v) is 5.55. The van der Waals surface area contributed by atoms with E-state index < -0.39 is 0 Å². The van der Waals surface area contributed by atoms with Crippen LogP contribution in [0, 0.1) is 12.3 Å². The number of nitrogen functional groups attached to an aromatic ring is 1. The molecule has 3 N–H and O–H groups in total. The number of hydrogen-bond donors (Lipinski definition) is 2. The van der Waals surface area contributed by atoms with E-state index in [1.54, 1.807) is 16.4 Å². The van der Waals surface area contributed by atoms with Crippen molar-refractivity contribution in [2.75, 3.05) is 0 Å². The third kappa shape index (κ3) is 2.93. The highest BCUT2D eigenvalue weighted by Gasteiger charge is 2.16. The lowest BCUT2D eigenvalue weighted by atomic mass is 10.2. The first-order valence-corrected chi connectivity index (χ1v) is 7.11. The molecule has 4 nitrogen and oxygen atoms in total. The molecule has 0 aliphatic rings. The van der Waals surface area contributed by atoms with Crippen LogP contribution in [-0.4, -0.2) is 15.6 Å². The molecule has 0 unspecified atom stereocenters. The average Bonchev–Trinajstić information content (AvgIpc) is 2.63. The van der Waals surface area contributed by atoms with Crippen molar-refractivity contribution in [3.8, 4) is 0 Å². The summed E-state index contributed by atoms with van der Waals surface area (Å²) < 4.78 is 1.76. The lowest BCUT2D eigenvalue weighted by Crippen LogP contribution is -2.13. The average molecular weight is 295 g/mol. The van der Waals surface area contributed by atoms with Crippen molar-refractivity contribution < 1.29 is 0 Å². The molecule has 1 aromatic heterocycles. The van der Waals surface area contributed by atoms with Crippen LogP contribution in [0.2, 0.25) is 5.02 Å². The summed E-state index contributed by atoms with van der Waals surface area (Å²) in [5.41, 5.74) is 8.16. The van der Waals surface area contributed by atoms with E-state index in [-0.39, 0.29) is 5.84 Å². The number of aromatic nitrogens is 2. The monoisotopic (exact) mass is 294 g/mol. The minimum absolute atomic E-state index is 0.0484. The topological polar surface area (TPSA) is 67.7 Å². The van der Waals surface area contributed by atoms with Crippen LogP contribution in [0.5, 0.6) is 0 Å². The summed E-state index contributed by atoms with van der Waals surface area (Å²) in [7, 11) is 1.86. The Morgan fingerprint density at radius 2 is 2.16 bits per heavy atom. The van der Waals surface area contributed by atoms with Gasteiger partial charge in [-0.3, -0.25) is 10.1 Å². The summed E-state index contributed by atoms with van der Waals surface area (Å²) in [6, 6.07) is 7.73. The summed E-state index contributed by atoms with van der Waals surface area (Å²) in [5.74, 6) is 0.770. The van der Waals surface area contributed by atoms with Crippen molar-refractivity contribution in [3.63, 3.8) is 0 Å². The van der Waals surface area contributed by atoms with Gasteiger partial charge in [0.15, 0.2) is 0 Å². The van der Waals surface area contributed by atoms with Gasteiger partial charge in [-0.2, -0.15) is 5.10 Å². The molecule has 1 aromatic carbocycles. The summed E-state index contributed by atoms with van der Waals surface area (Å²) in [6.45, 7) is 1.86. The minimum atomic E-state index is 0.0484. The highest BCUT2D eigenvalue weighted by molar-refractivity contribution is 7.98. The SMILES string of the molecule is Cc1nn(C)c(SCc2ccccc2Cl)c1C(=N)N. The molecule has 2 rings (SSSR count). The lowest BCUT2D eigenvalue weighted by molar-refractivity contribution is 0.692. The van der Waals surface area contributed by atoms with Crippen molar-refractivity contribution in [1.82, 2.24) is 9.78 Å².